The van der Waals surface area contributed by atoms with E-state index in [1.165, 1.54) is 11.1 Å². The van der Waals surface area contributed by atoms with Crippen molar-refractivity contribution < 1.29 is 0 Å². The summed E-state index contributed by atoms with van der Waals surface area (Å²) in [6.07, 6.45) is 2.97. The summed E-state index contributed by atoms with van der Waals surface area (Å²) in [5.74, 6) is 0. The molecule has 1 nitrogen and oxygen atoms in total. The molecular formula is C13H13NS. The Hall–Kier alpha value is -1.41. The molecule has 0 fully saturated rings. The van der Waals surface area contributed by atoms with E-state index in [9.17, 15) is 0 Å². The van der Waals surface area contributed by atoms with Gasteiger partial charge in [-0.3, -0.25) is 4.99 Å². The number of aryl methyl sites for hydroxylation is 1. The Labute approximate surface area is 94.1 Å². The summed E-state index contributed by atoms with van der Waals surface area (Å²) in [4.78, 5) is 4.44. The van der Waals surface area contributed by atoms with Crippen molar-refractivity contribution in [2.45, 2.75) is 13.3 Å². The molecular weight excluding hydrogens is 202 g/mol. The van der Waals surface area contributed by atoms with E-state index in [1.54, 1.807) is 11.3 Å². The summed E-state index contributed by atoms with van der Waals surface area (Å²) in [5, 5.41) is 4.15. The van der Waals surface area contributed by atoms with Crippen LogP contribution in [0.2, 0.25) is 0 Å². The zero-order valence-corrected chi connectivity index (χ0v) is 9.50. The van der Waals surface area contributed by atoms with Gasteiger partial charge in [-0.25, -0.2) is 0 Å². The smallest absolute Gasteiger partial charge is 0.0632 e. The number of aliphatic imine (C=N–C) groups is 1. The van der Waals surface area contributed by atoms with E-state index in [0.29, 0.717) is 0 Å². The van der Waals surface area contributed by atoms with Crippen molar-refractivity contribution in [1.82, 2.24) is 0 Å². The van der Waals surface area contributed by atoms with Crippen molar-refractivity contribution in [2.24, 2.45) is 4.99 Å². The minimum absolute atomic E-state index is 1.03. The first-order valence-electron chi connectivity index (χ1n) is 5.03. The van der Waals surface area contributed by atoms with Crippen molar-refractivity contribution in [3.63, 3.8) is 0 Å². The fraction of sp³-hybridized carbons (Fsp3) is 0.154. The van der Waals surface area contributed by atoms with Gasteiger partial charge < -0.3 is 0 Å². The predicted molar refractivity (Wildman–Crippen MR) is 67.4 cm³/mol. The quantitative estimate of drug-likeness (QED) is 0.685. The third-order valence-electron chi connectivity index (χ3n) is 2.22. The molecule has 0 spiro atoms. The second-order valence-electron chi connectivity index (χ2n) is 3.34. The van der Waals surface area contributed by atoms with Crippen molar-refractivity contribution >= 4 is 23.2 Å². The average molecular weight is 215 g/mol. The van der Waals surface area contributed by atoms with E-state index in [4.69, 9.17) is 0 Å². The molecule has 0 bridgehead atoms. The Morgan fingerprint density at radius 2 is 2.27 bits per heavy atom. The Morgan fingerprint density at radius 3 is 3.00 bits per heavy atom. The zero-order valence-electron chi connectivity index (χ0n) is 8.68. The summed E-state index contributed by atoms with van der Waals surface area (Å²) < 4.78 is 0. The average Bonchev–Trinajstić information content (AvgIpc) is 2.79. The van der Waals surface area contributed by atoms with Crippen LogP contribution in [-0.2, 0) is 6.42 Å². The molecule has 0 saturated heterocycles. The maximum absolute atomic E-state index is 4.44. The van der Waals surface area contributed by atoms with Gasteiger partial charge in [-0.2, -0.15) is 11.3 Å². The van der Waals surface area contributed by atoms with Crippen LogP contribution >= 0.6 is 11.3 Å². The number of hydrogen-bond donors (Lipinski definition) is 0. The molecule has 15 heavy (non-hydrogen) atoms. The topological polar surface area (TPSA) is 12.4 Å². The van der Waals surface area contributed by atoms with Crippen molar-refractivity contribution in [3.8, 4) is 0 Å². The summed E-state index contributed by atoms with van der Waals surface area (Å²) in [5.41, 5.74) is 3.53. The summed E-state index contributed by atoms with van der Waals surface area (Å²) in [6.45, 7) is 2.15. The number of hydrogen-bond acceptors (Lipinski definition) is 2. The molecule has 2 aromatic rings. The van der Waals surface area contributed by atoms with Gasteiger partial charge in [0.2, 0.25) is 0 Å². The lowest BCUT2D eigenvalue weighted by Gasteiger charge is -1.97. The van der Waals surface area contributed by atoms with Crippen LogP contribution in [0.1, 0.15) is 18.1 Å². The van der Waals surface area contributed by atoms with Crippen LogP contribution in [0.4, 0.5) is 5.69 Å². The maximum atomic E-state index is 4.44. The van der Waals surface area contributed by atoms with Gasteiger partial charge in [0.05, 0.1) is 5.69 Å². The highest BCUT2D eigenvalue weighted by Gasteiger charge is 1.91. The minimum atomic E-state index is 1.03. The van der Waals surface area contributed by atoms with Gasteiger partial charge in [0.1, 0.15) is 0 Å². The van der Waals surface area contributed by atoms with Gasteiger partial charge in [-0.1, -0.05) is 19.1 Å². The molecule has 0 amide bonds. The molecule has 0 unspecified atom stereocenters. The van der Waals surface area contributed by atoms with Crippen molar-refractivity contribution in [3.05, 3.63) is 52.2 Å². The van der Waals surface area contributed by atoms with Crippen LogP contribution in [-0.4, -0.2) is 6.21 Å². The lowest BCUT2D eigenvalue weighted by molar-refractivity contribution is 1.14. The molecule has 2 rings (SSSR count). The Kier molecular flexibility index (Phi) is 3.30. The van der Waals surface area contributed by atoms with Gasteiger partial charge in [0.25, 0.3) is 0 Å². The second kappa shape index (κ2) is 4.89. The van der Waals surface area contributed by atoms with E-state index in [-0.39, 0.29) is 0 Å². The number of thiophene rings is 1. The van der Waals surface area contributed by atoms with Gasteiger partial charge in [0, 0.05) is 11.8 Å². The SMILES string of the molecule is CCc1cccc(N=Cc2ccsc2)c1. The van der Waals surface area contributed by atoms with E-state index >= 15 is 0 Å². The van der Waals surface area contributed by atoms with Gasteiger partial charge in [0.15, 0.2) is 0 Å². The van der Waals surface area contributed by atoms with Crippen LogP contribution in [0.5, 0.6) is 0 Å². The fourth-order valence-electron chi connectivity index (χ4n) is 1.35. The molecule has 0 atom stereocenters. The van der Waals surface area contributed by atoms with Gasteiger partial charge in [-0.15, -0.1) is 0 Å². The molecule has 1 heterocycles. The second-order valence-corrected chi connectivity index (χ2v) is 4.12. The molecule has 0 aliphatic carbocycles. The highest BCUT2D eigenvalue weighted by Crippen LogP contribution is 2.14. The predicted octanol–water partition coefficient (Wildman–Crippen LogP) is 4.06. The molecule has 0 radical (unpaired) electrons. The molecule has 0 aliphatic rings. The third-order valence-corrected chi connectivity index (χ3v) is 2.93. The standard InChI is InChI=1S/C13H13NS/c1-2-11-4-3-5-13(8-11)14-9-12-6-7-15-10-12/h3-10H,2H2,1H3. The lowest BCUT2D eigenvalue weighted by Crippen LogP contribution is -1.78. The minimum Gasteiger partial charge on any atom is -0.256 e. The van der Waals surface area contributed by atoms with Gasteiger partial charge >= 0.3 is 0 Å². The normalized spacial score (nSPS) is 11.0. The van der Waals surface area contributed by atoms with E-state index in [1.807, 2.05) is 12.3 Å². The summed E-state index contributed by atoms with van der Waals surface area (Å²) in [7, 11) is 0. The number of rotatable bonds is 3. The van der Waals surface area contributed by atoms with E-state index < -0.39 is 0 Å². The monoisotopic (exact) mass is 215 g/mol. The van der Waals surface area contributed by atoms with Crippen LogP contribution in [0, 0.1) is 0 Å². The van der Waals surface area contributed by atoms with Crippen molar-refractivity contribution in [1.29, 1.82) is 0 Å². The molecule has 76 valence electrons. The first-order valence-corrected chi connectivity index (χ1v) is 5.98. The van der Waals surface area contributed by atoms with Crippen LogP contribution in [0.25, 0.3) is 0 Å². The Bertz CT molecular complexity index is 443. The van der Waals surface area contributed by atoms with E-state index in [2.05, 4.69) is 46.9 Å². The van der Waals surface area contributed by atoms with Crippen LogP contribution < -0.4 is 0 Å². The Balaban J connectivity index is 2.17. The third kappa shape index (κ3) is 2.77. The molecule has 1 aromatic heterocycles. The largest absolute Gasteiger partial charge is 0.256 e. The maximum Gasteiger partial charge on any atom is 0.0632 e. The number of benzene rings is 1. The molecule has 0 saturated carbocycles. The van der Waals surface area contributed by atoms with Crippen LogP contribution in [0.15, 0.2) is 46.1 Å². The van der Waals surface area contributed by atoms with Crippen molar-refractivity contribution in [2.75, 3.05) is 0 Å². The lowest BCUT2D eigenvalue weighted by atomic mass is 10.1. The molecule has 1 aromatic carbocycles. The Morgan fingerprint density at radius 1 is 1.33 bits per heavy atom. The van der Waals surface area contributed by atoms with Gasteiger partial charge in [-0.05, 0) is 40.9 Å². The zero-order chi connectivity index (χ0) is 10.5. The first-order chi connectivity index (χ1) is 7.38. The number of nitrogens with zero attached hydrogens (tertiary/aromatic N) is 1. The molecule has 0 aliphatic heterocycles. The first kappa shape index (κ1) is 10.1. The van der Waals surface area contributed by atoms with Crippen LogP contribution in [0.3, 0.4) is 0 Å². The fourth-order valence-corrected chi connectivity index (χ4v) is 1.97. The molecule has 2 heteroatoms. The van der Waals surface area contributed by atoms with E-state index in [0.717, 1.165) is 12.1 Å². The summed E-state index contributed by atoms with van der Waals surface area (Å²) in [6, 6.07) is 10.4. The highest BCUT2D eigenvalue weighted by atomic mass is 32.1. The molecule has 0 N–H and O–H groups in total. The highest BCUT2D eigenvalue weighted by molar-refractivity contribution is 7.08. The summed E-state index contributed by atoms with van der Waals surface area (Å²) >= 11 is 1.69.